The Balaban J connectivity index is 2.68. The molecule has 0 bridgehead atoms. The summed E-state index contributed by atoms with van der Waals surface area (Å²) in [5.74, 6) is 0.735. The molecule has 1 atom stereocenters. The van der Waals surface area contributed by atoms with Gasteiger partial charge in [0.1, 0.15) is 5.75 Å². The van der Waals surface area contributed by atoms with Crippen LogP contribution in [0.1, 0.15) is 17.3 Å². The van der Waals surface area contributed by atoms with Crippen molar-refractivity contribution in [2.45, 2.75) is 12.5 Å². The minimum absolute atomic E-state index is 0.192. The van der Waals surface area contributed by atoms with Crippen LogP contribution in [0.4, 0.5) is 0 Å². The van der Waals surface area contributed by atoms with Gasteiger partial charge in [0.05, 0.1) is 17.7 Å². The topological polar surface area (TPSA) is 58.6 Å². The average Bonchev–Trinajstić information content (AvgIpc) is 2.36. The highest BCUT2D eigenvalue weighted by Crippen LogP contribution is 2.24. The van der Waals surface area contributed by atoms with Gasteiger partial charge in [-0.1, -0.05) is 11.6 Å². The first-order valence-corrected chi connectivity index (χ1v) is 7.50. The fourth-order valence-electron chi connectivity index (χ4n) is 1.54. The Hall–Kier alpha value is -0.910. The normalized spacial score (nSPS) is 13.7. The molecule has 0 saturated heterocycles. The molecule has 6 heteroatoms. The minimum atomic E-state index is -0.925. The number of amides is 1. The summed E-state index contributed by atoms with van der Waals surface area (Å²) in [5, 5.41) is 13.1. The van der Waals surface area contributed by atoms with E-state index in [1.54, 1.807) is 25.1 Å². The molecule has 0 unspecified atom stereocenters. The van der Waals surface area contributed by atoms with Crippen molar-refractivity contribution in [1.82, 2.24) is 5.32 Å². The lowest BCUT2D eigenvalue weighted by molar-refractivity contribution is 0.0725. The zero-order valence-corrected chi connectivity index (χ0v) is 12.8. The molecular formula is C13H18ClNO3S. The Morgan fingerprint density at radius 2 is 2.26 bits per heavy atom. The van der Waals surface area contributed by atoms with E-state index in [9.17, 15) is 9.90 Å². The Morgan fingerprint density at radius 1 is 1.58 bits per heavy atom. The molecule has 0 aliphatic rings. The number of rotatable bonds is 6. The number of methoxy groups -OCH3 is 1. The van der Waals surface area contributed by atoms with Gasteiger partial charge < -0.3 is 15.2 Å². The highest BCUT2D eigenvalue weighted by atomic mass is 35.5. The van der Waals surface area contributed by atoms with Crippen LogP contribution in [0.2, 0.25) is 5.02 Å². The second-order valence-electron chi connectivity index (χ2n) is 4.46. The van der Waals surface area contributed by atoms with Crippen molar-refractivity contribution in [2.24, 2.45) is 0 Å². The lowest BCUT2D eigenvalue weighted by Crippen LogP contribution is -2.42. The van der Waals surface area contributed by atoms with Gasteiger partial charge in [-0.05, 0) is 31.4 Å². The second-order valence-corrected chi connectivity index (χ2v) is 5.74. The quantitative estimate of drug-likeness (QED) is 0.846. The fraction of sp³-hybridized carbons (Fsp3) is 0.462. The summed E-state index contributed by atoms with van der Waals surface area (Å²) in [4.78, 5) is 11.9. The molecule has 0 radical (unpaired) electrons. The highest BCUT2D eigenvalue weighted by Gasteiger charge is 2.21. The number of nitrogens with one attached hydrogen (secondary N) is 1. The number of thioether (sulfide) groups is 1. The number of carbonyl (C=O) groups excluding carboxylic acids is 1. The number of hydrogen-bond donors (Lipinski definition) is 2. The molecule has 0 spiro atoms. The molecule has 0 aromatic heterocycles. The highest BCUT2D eigenvalue weighted by molar-refractivity contribution is 7.98. The van der Waals surface area contributed by atoms with Gasteiger partial charge in [0.15, 0.2) is 0 Å². The molecule has 0 aliphatic carbocycles. The predicted molar refractivity (Wildman–Crippen MR) is 79.3 cm³/mol. The molecule has 0 heterocycles. The van der Waals surface area contributed by atoms with E-state index >= 15 is 0 Å². The van der Waals surface area contributed by atoms with Gasteiger partial charge in [0, 0.05) is 17.9 Å². The molecule has 106 valence electrons. The molecule has 0 aliphatic heterocycles. The largest absolute Gasteiger partial charge is 0.495 e. The van der Waals surface area contributed by atoms with Crippen molar-refractivity contribution in [3.63, 3.8) is 0 Å². The average molecular weight is 304 g/mol. The van der Waals surface area contributed by atoms with E-state index in [1.807, 2.05) is 6.26 Å². The van der Waals surface area contributed by atoms with Crippen LogP contribution in [-0.2, 0) is 0 Å². The summed E-state index contributed by atoms with van der Waals surface area (Å²) in [6.45, 7) is 1.88. The summed E-state index contributed by atoms with van der Waals surface area (Å²) >= 11 is 7.42. The Bertz CT molecular complexity index is 452. The molecule has 4 nitrogen and oxygen atoms in total. The van der Waals surface area contributed by atoms with Gasteiger partial charge in [0.2, 0.25) is 0 Å². The van der Waals surface area contributed by atoms with Gasteiger partial charge >= 0.3 is 0 Å². The molecule has 0 saturated carbocycles. The van der Waals surface area contributed by atoms with Crippen LogP contribution in [0.3, 0.4) is 0 Å². The SMILES string of the molecule is COc1cc(C(=O)NC[C@](C)(O)CSC)ccc1Cl. The van der Waals surface area contributed by atoms with Crippen molar-refractivity contribution >= 4 is 29.3 Å². The summed E-state index contributed by atoms with van der Waals surface area (Å²) in [5.41, 5.74) is -0.479. The van der Waals surface area contributed by atoms with Gasteiger partial charge in [-0.3, -0.25) is 4.79 Å². The third kappa shape index (κ3) is 4.93. The van der Waals surface area contributed by atoms with E-state index < -0.39 is 5.60 Å². The number of hydrogen-bond acceptors (Lipinski definition) is 4. The van der Waals surface area contributed by atoms with Crippen molar-refractivity contribution in [3.8, 4) is 5.75 Å². The van der Waals surface area contributed by atoms with Gasteiger partial charge in [-0.15, -0.1) is 0 Å². The van der Waals surface area contributed by atoms with E-state index in [4.69, 9.17) is 16.3 Å². The maximum atomic E-state index is 11.9. The van der Waals surface area contributed by atoms with Crippen molar-refractivity contribution < 1.29 is 14.6 Å². The summed E-state index contributed by atoms with van der Waals surface area (Å²) in [7, 11) is 1.49. The van der Waals surface area contributed by atoms with Crippen LogP contribution in [0.15, 0.2) is 18.2 Å². The summed E-state index contributed by atoms with van der Waals surface area (Å²) < 4.78 is 5.06. The maximum Gasteiger partial charge on any atom is 0.251 e. The zero-order chi connectivity index (χ0) is 14.5. The van der Waals surface area contributed by atoms with Gasteiger partial charge in [0.25, 0.3) is 5.91 Å². The molecule has 1 aromatic carbocycles. The molecular weight excluding hydrogens is 286 g/mol. The summed E-state index contributed by atoms with van der Waals surface area (Å²) in [6.07, 6.45) is 1.90. The first-order valence-electron chi connectivity index (χ1n) is 5.72. The van der Waals surface area contributed by atoms with E-state index in [-0.39, 0.29) is 12.5 Å². The van der Waals surface area contributed by atoms with Crippen molar-refractivity contribution in [1.29, 1.82) is 0 Å². The predicted octanol–water partition coefficient (Wildman–Crippen LogP) is 2.19. The van der Waals surface area contributed by atoms with E-state index in [0.717, 1.165) is 0 Å². The first-order chi connectivity index (χ1) is 8.89. The van der Waals surface area contributed by atoms with Gasteiger partial charge in [-0.2, -0.15) is 11.8 Å². The minimum Gasteiger partial charge on any atom is -0.495 e. The smallest absolute Gasteiger partial charge is 0.251 e. The van der Waals surface area contributed by atoms with Crippen LogP contribution in [0, 0.1) is 0 Å². The molecule has 19 heavy (non-hydrogen) atoms. The fourth-order valence-corrected chi connectivity index (χ4v) is 2.45. The van der Waals surface area contributed by atoms with Crippen LogP contribution in [0.25, 0.3) is 0 Å². The van der Waals surface area contributed by atoms with E-state index in [0.29, 0.717) is 22.1 Å². The number of halogens is 1. The van der Waals surface area contributed by atoms with E-state index in [2.05, 4.69) is 5.32 Å². The molecule has 0 fully saturated rings. The number of carbonyl (C=O) groups is 1. The van der Waals surface area contributed by atoms with Crippen molar-refractivity contribution in [3.05, 3.63) is 28.8 Å². The van der Waals surface area contributed by atoms with Crippen LogP contribution < -0.4 is 10.1 Å². The van der Waals surface area contributed by atoms with Crippen LogP contribution >= 0.6 is 23.4 Å². The Labute approximate surface area is 122 Å². The zero-order valence-electron chi connectivity index (χ0n) is 11.2. The standard InChI is InChI=1S/C13H18ClNO3S/c1-13(17,8-19-3)7-15-12(16)9-4-5-10(14)11(6-9)18-2/h4-6,17H,7-8H2,1-3H3,(H,15,16)/t13-/m0/s1. The summed E-state index contributed by atoms with van der Waals surface area (Å²) in [6, 6.07) is 4.79. The monoisotopic (exact) mass is 303 g/mol. The molecule has 1 aromatic rings. The number of aliphatic hydroxyl groups is 1. The third-order valence-corrected chi connectivity index (χ3v) is 3.72. The van der Waals surface area contributed by atoms with Crippen LogP contribution in [0.5, 0.6) is 5.75 Å². The number of benzene rings is 1. The number of ether oxygens (including phenoxy) is 1. The second kappa shape index (κ2) is 7.03. The Kier molecular flexibility index (Phi) is 5.97. The Morgan fingerprint density at radius 3 is 2.84 bits per heavy atom. The molecule has 1 amide bonds. The first kappa shape index (κ1) is 16.1. The van der Waals surface area contributed by atoms with Crippen molar-refractivity contribution in [2.75, 3.05) is 25.7 Å². The van der Waals surface area contributed by atoms with Gasteiger partial charge in [-0.25, -0.2) is 0 Å². The molecule has 2 N–H and O–H groups in total. The molecule has 1 rings (SSSR count). The van der Waals surface area contributed by atoms with E-state index in [1.165, 1.54) is 18.9 Å². The maximum absolute atomic E-state index is 11.9. The third-order valence-electron chi connectivity index (χ3n) is 2.50. The lowest BCUT2D eigenvalue weighted by Gasteiger charge is -2.22. The van der Waals surface area contributed by atoms with Crippen LogP contribution in [-0.4, -0.2) is 42.3 Å². The lowest BCUT2D eigenvalue weighted by atomic mass is 10.1.